The Morgan fingerprint density at radius 1 is 1.00 bits per heavy atom. The highest BCUT2D eigenvalue weighted by Crippen LogP contribution is 2.14. The first-order valence-electron chi connectivity index (χ1n) is 11.8. The third kappa shape index (κ3) is 9.06. The second kappa shape index (κ2) is 14.0. The predicted molar refractivity (Wildman–Crippen MR) is 122 cm³/mol. The summed E-state index contributed by atoms with van der Waals surface area (Å²) in [7, 11) is 0. The lowest BCUT2D eigenvalue weighted by atomic mass is 9.97. The number of carbonyl (C=O) groups is 5. The number of hydrogen-bond acceptors (Lipinski definition) is 6. The molecule has 3 N–H and O–H groups in total. The number of carbonyl (C=O) groups excluding carboxylic acids is 5. The van der Waals surface area contributed by atoms with Gasteiger partial charge in [-0.05, 0) is 25.2 Å². The molecule has 4 amide bonds. The SMILES string of the molecule is CCC(=O)[C@H](CCCCN1C(=O)CCC1=O)NC(=O)CNC(=O)[C@@H](NC(C)C)C(C)CC. The summed E-state index contributed by atoms with van der Waals surface area (Å²) in [6, 6.07) is -0.906. The van der Waals surface area contributed by atoms with Crippen LogP contribution in [0.25, 0.3) is 0 Å². The zero-order valence-electron chi connectivity index (χ0n) is 20.2. The predicted octanol–water partition coefficient (Wildman–Crippen LogP) is 1.30. The quantitative estimate of drug-likeness (QED) is 0.254. The molecule has 9 heteroatoms. The van der Waals surface area contributed by atoms with Crippen LogP contribution >= 0.6 is 0 Å². The van der Waals surface area contributed by atoms with Crippen molar-refractivity contribution in [1.29, 1.82) is 0 Å². The Kier molecular flexibility index (Phi) is 12.1. The first-order valence-corrected chi connectivity index (χ1v) is 11.8. The van der Waals surface area contributed by atoms with Crippen LogP contribution in [0.1, 0.15) is 79.6 Å². The van der Waals surface area contributed by atoms with Crippen molar-refractivity contribution in [3.05, 3.63) is 0 Å². The van der Waals surface area contributed by atoms with Crippen molar-refractivity contribution >= 4 is 29.4 Å². The average molecular weight is 453 g/mol. The van der Waals surface area contributed by atoms with Gasteiger partial charge in [-0.15, -0.1) is 0 Å². The molecule has 0 bridgehead atoms. The van der Waals surface area contributed by atoms with Gasteiger partial charge in [-0.1, -0.05) is 41.0 Å². The fraction of sp³-hybridized carbons (Fsp3) is 0.783. The van der Waals surface area contributed by atoms with Crippen LogP contribution in [0.2, 0.25) is 0 Å². The highest BCUT2D eigenvalue weighted by atomic mass is 16.2. The van der Waals surface area contributed by atoms with Crippen LogP contribution in [0, 0.1) is 5.92 Å². The fourth-order valence-electron chi connectivity index (χ4n) is 3.67. The molecule has 0 radical (unpaired) electrons. The Balaban J connectivity index is 2.51. The molecule has 0 aliphatic carbocycles. The molecular formula is C23H40N4O5. The van der Waals surface area contributed by atoms with Gasteiger partial charge in [0.2, 0.25) is 23.6 Å². The molecule has 0 aromatic rings. The highest BCUT2D eigenvalue weighted by Gasteiger charge is 2.28. The summed E-state index contributed by atoms with van der Waals surface area (Å²) < 4.78 is 0. The number of nitrogens with one attached hydrogen (secondary N) is 3. The number of amides is 4. The Hall–Kier alpha value is -2.29. The molecule has 1 aliphatic heterocycles. The fourth-order valence-corrected chi connectivity index (χ4v) is 3.67. The molecule has 1 heterocycles. The van der Waals surface area contributed by atoms with E-state index in [4.69, 9.17) is 0 Å². The number of hydrogen-bond donors (Lipinski definition) is 3. The van der Waals surface area contributed by atoms with Crippen molar-refractivity contribution in [3.8, 4) is 0 Å². The molecule has 0 saturated carbocycles. The third-order valence-corrected chi connectivity index (χ3v) is 5.78. The number of imide groups is 1. The molecule has 0 aromatic heterocycles. The second-order valence-electron chi connectivity index (χ2n) is 8.78. The van der Waals surface area contributed by atoms with E-state index in [-0.39, 0.29) is 61.3 Å². The average Bonchev–Trinajstić information content (AvgIpc) is 3.08. The molecule has 1 saturated heterocycles. The number of unbranched alkanes of at least 4 members (excludes halogenated alkanes) is 1. The number of Topliss-reactive ketones (excluding diaryl/α,β-unsaturated/α-hetero) is 1. The summed E-state index contributed by atoms with van der Waals surface area (Å²) in [6.45, 7) is 9.80. The standard InChI is InChI=1S/C23H40N4O5/c1-6-16(5)22(25-15(3)4)23(32)24-14-19(29)26-17(18(28)7-2)10-8-9-13-27-20(30)11-12-21(27)31/h15-17,22,25H,6-14H2,1-5H3,(H,24,32)(H,26,29)/t16?,17-,22-/m0/s1. The lowest BCUT2D eigenvalue weighted by Gasteiger charge is -2.25. The second-order valence-corrected chi connectivity index (χ2v) is 8.78. The summed E-state index contributed by atoms with van der Waals surface area (Å²) in [5.74, 6) is -0.920. The number of likely N-dealkylation sites (tertiary alicyclic amines) is 1. The number of nitrogens with zero attached hydrogens (tertiary/aromatic N) is 1. The van der Waals surface area contributed by atoms with Crippen LogP contribution in [0.15, 0.2) is 0 Å². The van der Waals surface area contributed by atoms with Crippen LogP contribution in [-0.2, 0) is 24.0 Å². The van der Waals surface area contributed by atoms with Gasteiger partial charge in [0.05, 0.1) is 18.6 Å². The summed E-state index contributed by atoms with van der Waals surface area (Å²) in [4.78, 5) is 61.8. The van der Waals surface area contributed by atoms with Crippen molar-refractivity contribution in [2.24, 2.45) is 5.92 Å². The molecule has 3 atom stereocenters. The Labute approximate surface area is 191 Å². The van der Waals surface area contributed by atoms with Crippen LogP contribution in [-0.4, -0.2) is 65.5 Å². The molecule has 0 aromatic carbocycles. The van der Waals surface area contributed by atoms with E-state index in [9.17, 15) is 24.0 Å². The van der Waals surface area contributed by atoms with Crippen molar-refractivity contribution in [1.82, 2.24) is 20.9 Å². The molecule has 1 fully saturated rings. The Morgan fingerprint density at radius 2 is 1.62 bits per heavy atom. The molecule has 1 unspecified atom stereocenters. The molecular weight excluding hydrogens is 412 g/mol. The molecule has 182 valence electrons. The lowest BCUT2D eigenvalue weighted by Crippen LogP contribution is -2.53. The minimum atomic E-state index is -0.645. The summed E-state index contributed by atoms with van der Waals surface area (Å²) in [5, 5.41) is 8.63. The Bertz CT molecular complexity index is 663. The van der Waals surface area contributed by atoms with E-state index >= 15 is 0 Å². The first kappa shape index (κ1) is 27.7. The molecule has 32 heavy (non-hydrogen) atoms. The van der Waals surface area contributed by atoms with Gasteiger partial charge in [-0.2, -0.15) is 0 Å². The maximum Gasteiger partial charge on any atom is 0.239 e. The molecule has 9 nitrogen and oxygen atoms in total. The topological polar surface area (TPSA) is 125 Å². The van der Waals surface area contributed by atoms with Crippen LogP contribution < -0.4 is 16.0 Å². The van der Waals surface area contributed by atoms with E-state index in [0.717, 1.165) is 6.42 Å². The molecule has 0 spiro atoms. The zero-order chi connectivity index (χ0) is 24.3. The van der Waals surface area contributed by atoms with Gasteiger partial charge >= 0.3 is 0 Å². The first-order chi connectivity index (χ1) is 15.1. The van der Waals surface area contributed by atoms with Gasteiger partial charge in [0.25, 0.3) is 0 Å². The van der Waals surface area contributed by atoms with Gasteiger partial charge in [0.15, 0.2) is 5.78 Å². The maximum atomic E-state index is 12.6. The largest absolute Gasteiger partial charge is 0.346 e. The summed E-state index contributed by atoms with van der Waals surface area (Å²) in [6.07, 6.45) is 3.24. The van der Waals surface area contributed by atoms with Gasteiger partial charge in [0.1, 0.15) is 0 Å². The van der Waals surface area contributed by atoms with Crippen LogP contribution in [0.3, 0.4) is 0 Å². The van der Waals surface area contributed by atoms with E-state index in [1.165, 1.54) is 4.90 Å². The minimum absolute atomic E-state index is 0.0862. The van der Waals surface area contributed by atoms with Crippen molar-refractivity contribution < 1.29 is 24.0 Å². The van der Waals surface area contributed by atoms with E-state index in [1.54, 1.807) is 6.92 Å². The third-order valence-electron chi connectivity index (χ3n) is 5.78. The van der Waals surface area contributed by atoms with Gasteiger partial charge in [-0.25, -0.2) is 0 Å². The van der Waals surface area contributed by atoms with E-state index < -0.39 is 18.0 Å². The highest BCUT2D eigenvalue weighted by molar-refractivity contribution is 6.01. The van der Waals surface area contributed by atoms with E-state index in [0.29, 0.717) is 25.8 Å². The maximum absolute atomic E-state index is 12.6. The van der Waals surface area contributed by atoms with Gasteiger partial charge in [-0.3, -0.25) is 28.9 Å². The van der Waals surface area contributed by atoms with Gasteiger partial charge in [0, 0.05) is 31.8 Å². The van der Waals surface area contributed by atoms with Crippen LogP contribution in [0.5, 0.6) is 0 Å². The monoisotopic (exact) mass is 452 g/mol. The van der Waals surface area contributed by atoms with Crippen molar-refractivity contribution in [3.63, 3.8) is 0 Å². The van der Waals surface area contributed by atoms with E-state index in [2.05, 4.69) is 16.0 Å². The minimum Gasteiger partial charge on any atom is -0.346 e. The van der Waals surface area contributed by atoms with Crippen molar-refractivity contribution in [2.75, 3.05) is 13.1 Å². The van der Waals surface area contributed by atoms with E-state index in [1.807, 2.05) is 27.7 Å². The summed E-state index contributed by atoms with van der Waals surface area (Å²) in [5.41, 5.74) is 0. The van der Waals surface area contributed by atoms with Crippen LogP contribution in [0.4, 0.5) is 0 Å². The number of ketones is 1. The van der Waals surface area contributed by atoms with Crippen molar-refractivity contribution in [2.45, 2.75) is 97.7 Å². The molecule has 1 rings (SSSR count). The smallest absolute Gasteiger partial charge is 0.239 e. The molecule has 1 aliphatic rings. The zero-order valence-corrected chi connectivity index (χ0v) is 20.2. The number of rotatable bonds is 15. The van der Waals surface area contributed by atoms with Gasteiger partial charge < -0.3 is 16.0 Å². The summed E-state index contributed by atoms with van der Waals surface area (Å²) >= 11 is 0. The normalized spacial score (nSPS) is 16.8. The lowest BCUT2D eigenvalue weighted by molar-refractivity contribution is -0.138. The Morgan fingerprint density at radius 3 is 2.16 bits per heavy atom.